The number of hydrogen-bond donors (Lipinski definition) is 1. The first-order valence-corrected chi connectivity index (χ1v) is 11.0. The number of alkyl halides is 3. The Hall–Kier alpha value is -2.58. The molecule has 0 bridgehead atoms. The van der Waals surface area contributed by atoms with Gasteiger partial charge < -0.3 is 19.1 Å². The molecule has 0 saturated carbocycles. The first-order chi connectivity index (χ1) is 15.4. The quantitative estimate of drug-likeness (QED) is 0.546. The molecular weight excluding hydrogens is 419 g/mol. The van der Waals surface area contributed by atoms with E-state index in [1.165, 1.54) is 13.0 Å². The summed E-state index contributed by atoms with van der Waals surface area (Å²) in [4.78, 5) is 7.03. The Morgan fingerprint density at radius 1 is 1.09 bits per heavy atom. The highest BCUT2D eigenvalue weighted by Gasteiger charge is 2.33. The average Bonchev–Trinajstić information content (AvgIpc) is 3.11. The van der Waals surface area contributed by atoms with Crippen molar-refractivity contribution in [3.05, 3.63) is 64.6 Å². The normalized spacial score (nSPS) is 15.0. The van der Waals surface area contributed by atoms with Crippen LogP contribution < -0.4 is 4.90 Å². The molecule has 0 aliphatic carbocycles. The molecule has 3 aromatic rings. The molecule has 1 saturated heterocycles. The molecule has 3 heterocycles. The first kappa shape index (κ1) is 22.6. The number of aliphatic hydroxyl groups excluding tert-OH is 1. The molecule has 1 aliphatic heterocycles. The van der Waals surface area contributed by atoms with Gasteiger partial charge in [-0.25, -0.2) is 4.98 Å². The number of pyridine rings is 1. The number of rotatable bonds is 7. The van der Waals surface area contributed by atoms with Crippen molar-refractivity contribution < 1.29 is 23.0 Å². The van der Waals surface area contributed by atoms with E-state index in [-0.39, 0.29) is 12.2 Å². The van der Waals surface area contributed by atoms with Crippen molar-refractivity contribution in [1.82, 2.24) is 9.38 Å². The standard InChI is InChI=1S/C24H28F3N3O2/c1-17-18(5-4-6-20(17)24(25,26)27)15-22-21(7-2-3-12-31)28-23-9-8-19(16-30(22)23)29-10-13-32-14-11-29/h4-6,8-9,16,31H,2-3,7,10-15H2,1H3. The van der Waals surface area contributed by atoms with Gasteiger partial charge in [0, 0.05) is 32.3 Å². The number of unbranched alkanes of at least 4 members (excludes halogenated alkanes) is 1. The van der Waals surface area contributed by atoms with E-state index in [4.69, 9.17) is 14.8 Å². The van der Waals surface area contributed by atoms with Gasteiger partial charge in [0.1, 0.15) is 5.65 Å². The number of aromatic nitrogens is 2. The van der Waals surface area contributed by atoms with Gasteiger partial charge >= 0.3 is 6.18 Å². The molecule has 1 fully saturated rings. The van der Waals surface area contributed by atoms with Crippen LogP contribution in [0.25, 0.3) is 5.65 Å². The predicted molar refractivity (Wildman–Crippen MR) is 117 cm³/mol. The summed E-state index contributed by atoms with van der Waals surface area (Å²) in [6, 6.07) is 8.35. The second-order valence-electron chi connectivity index (χ2n) is 8.17. The van der Waals surface area contributed by atoms with Crippen molar-refractivity contribution in [3.8, 4) is 0 Å². The minimum absolute atomic E-state index is 0.108. The predicted octanol–water partition coefficient (Wildman–Crippen LogP) is 4.40. The number of morpholine rings is 1. The number of aliphatic hydroxyl groups is 1. The third kappa shape index (κ3) is 4.76. The number of ether oxygens (including phenoxy) is 1. The van der Waals surface area contributed by atoms with Gasteiger partial charge in [-0.3, -0.25) is 0 Å². The van der Waals surface area contributed by atoms with Crippen LogP contribution in [0, 0.1) is 6.92 Å². The number of fused-ring (bicyclic) bond motifs is 1. The lowest BCUT2D eigenvalue weighted by atomic mass is 9.97. The lowest BCUT2D eigenvalue weighted by Crippen LogP contribution is -2.36. The van der Waals surface area contributed by atoms with E-state index in [1.807, 2.05) is 22.7 Å². The molecule has 1 N–H and O–H groups in total. The van der Waals surface area contributed by atoms with E-state index >= 15 is 0 Å². The third-order valence-corrected chi connectivity index (χ3v) is 6.09. The van der Waals surface area contributed by atoms with Gasteiger partial charge in [0.15, 0.2) is 0 Å². The third-order valence-electron chi connectivity index (χ3n) is 6.09. The summed E-state index contributed by atoms with van der Waals surface area (Å²) in [6.07, 6.45) is 0.106. The fraction of sp³-hybridized carbons (Fsp3) is 0.458. The maximum absolute atomic E-state index is 13.4. The second-order valence-corrected chi connectivity index (χ2v) is 8.17. The Labute approximate surface area is 185 Å². The molecule has 172 valence electrons. The molecule has 0 atom stereocenters. The van der Waals surface area contributed by atoms with Crippen molar-refractivity contribution in [1.29, 1.82) is 0 Å². The molecule has 0 unspecified atom stereocenters. The van der Waals surface area contributed by atoms with Crippen LogP contribution in [0.1, 0.15) is 40.9 Å². The minimum atomic E-state index is -4.38. The first-order valence-electron chi connectivity index (χ1n) is 11.0. The molecule has 4 rings (SSSR count). The maximum atomic E-state index is 13.4. The fourth-order valence-corrected chi connectivity index (χ4v) is 4.29. The van der Waals surface area contributed by atoms with E-state index in [0.29, 0.717) is 38.0 Å². The molecule has 2 aromatic heterocycles. The van der Waals surface area contributed by atoms with Crippen molar-refractivity contribution in [2.75, 3.05) is 37.8 Å². The molecule has 0 radical (unpaired) electrons. The van der Waals surface area contributed by atoms with Crippen molar-refractivity contribution in [2.24, 2.45) is 0 Å². The zero-order valence-corrected chi connectivity index (χ0v) is 18.2. The number of halogens is 3. The van der Waals surface area contributed by atoms with Gasteiger partial charge in [0.05, 0.1) is 35.9 Å². The highest BCUT2D eigenvalue weighted by molar-refractivity contribution is 5.55. The summed E-state index contributed by atoms with van der Waals surface area (Å²) in [5, 5.41) is 9.16. The zero-order chi connectivity index (χ0) is 22.7. The monoisotopic (exact) mass is 447 g/mol. The van der Waals surface area contributed by atoms with Crippen molar-refractivity contribution in [2.45, 2.75) is 38.8 Å². The number of imidazole rings is 1. The topological polar surface area (TPSA) is 50.0 Å². The Morgan fingerprint density at radius 3 is 2.59 bits per heavy atom. The smallest absolute Gasteiger partial charge is 0.396 e. The molecule has 0 amide bonds. The molecule has 5 nitrogen and oxygen atoms in total. The van der Waals surface area contributed by atoms with Crippen LogP contribution in [0.3, 0.4) is 0 Å². The summed E-state index contributed by atoms with van der Waals surface area (Å²) in [7, 11) is 0. The molecule has 1 aromatic carbocycles. The van der Waals surface area contributed by atoms with Crippen LogP contribution in [-0.4, -0.2) is 47.4 Å². The molecule has 32 heavy (non-hydrogen) atoms. The largest absolute Gasteiger partial charge is 0.416 e. The molecule has 0 spiro atoms. The van der Waals surface area contributed by atoms with Crippen LogP contribution in [0.4, 0.5) is 18.9 Å². The SMILES string of the molecule is Cc1c(Cc2c(CCCCO)nc3ccc(N4CCOCC4)cn23)cccc1C(F)(F)F. The van der Waals surface area contributed by atoms with Crippen molar-refractivity contribution >= 4 is 11.3 Å². The summed E-state index contributed by atoms with van der Waals surface area (Å²) >= 11 is 0. The Kier molecular flexibility index (Phi) is 6.71. The van der Waals surface area contributed by atoms with Gasteiger partial charge in [-0.05, 0) is 55.5 Å². The lowest BCUT2D eigenvalue weighted by molar-refractivity contribution is -0.138. The Balaban J connectivity index is 1.75. The van der Waals surface area contributed by atoms with E-state index in [1.54, 1.807) is 6.07 Å². The van der Waals surface area contributed by atoms with Gasteiger partial charge in [0.25, 0.3) is 0 Å². The summed E-state index contributed by atoms with van der Waals surface area (Å²) in [5.74, 6) is 0. The number of benzene rings is 1. The highest BCUT2D eigenvalue weighted by atomic mass is 19.4. The van der Waals surface area contributed by atoms with E-state index in [2.05, 4.69) is 4.90 Å². The van der Waals surface area contributed by atoms with Gasteiger partial charge in [0.2, 0.25) is 0 Å². The molecule has 1 aliphatic rings. The zero-order valence-electron chi connectivity index (χ0n) is 18.2. The average molecular weight is 448 g/mol. The summed E-state index contributed by atoms with van der Waals surface area (Å²) in [6.45, 7) is 4.58. The van der Waals surface area contributed by atoms with Crippen LogP contribution in [0.5, 0.6) is 0 Å². The lowest BCUT2D eigenvalue weighted by Gasteiger charge is -2.28. The van der Waals surface area contributed by atoms with Gasteiger partial charge in [-0.15, -0.1) is 0 Å². The summed E-state index contributed by atoms with van der Waals surface area (Å²) in [5.41, 5.74) is 3.88. The van der Waals surface area contributed by atoms with Crippen LogP contribution in [-0.2, 0) is 23.8 Å². The van der Waals surface area contributed by atoms with E-state index in [0.717, 1.165) is 48.3 Å². The summed E-state index contributed by atoms with van der Waals surface area (Å²) < 4.78 is 47.8. The fourth-order valence-electron chi connectivity index (χ4n) is 4.29. The van der Waals surface area contributed by atoms with Crippen LogP contribution in [0.15, 0.2) is 36.5 Å². The van der Waals surface area contributed by atoms with Crippen LogP contribution in [0.2, 0.25) is 0 Å². The molecule has 8 heteroatoms. The molecular formula is C24H28F3N3O2. The van der Waals surface area contributed by atoms with Gasteiger partial charge in [-0.2, -0.15) is 13.2 Å². The van der Waals surface area contributed by atoms with Crippen LogP contribution >= 0.6 is 0 Å². The van der Waals surface area contributed by atoms with E-state index in [9.17, 15) is 13.2 Å². The number of aryl methyl sites for hydroxylation is 1. The van der Waals surface area contributed by atoms with Gasteiger partial charge in [-0.1, -0.05) is 12.1 Å². The Bertz CT molecular complexity index is 1070. The number of hydrogen-bond acceptors (Lipinski definition) is 4. The van der Waals surface area contributed by atoms with E-state index < -0.39 is 11.7 Å². The maximum Gasteiger partial charge on any atom is 0.416 e. The van der Waals surface area contributed by atoms with Crippen molar-refractivity contribution in [3.63, 3.8) is 0 Å². The highest BCUT2D eigenvalue weighted by Crippen LogP contribution is 2.34. The number of anilines is 1. The second kappa shape index (κ2) is 9.50. The number of nitrogens with zero attached hydrogens (tertiary/aromatic N) is 3. The minimum Gasteiger partial charge on any atom is -0.396 e. The Morgan fingerprint density at radius 2 is 1.88 bits per heavy atom.